The molecule has 19 heavy (non-hydrogen) atoms. The molecular weight excluding hydrogens is 302 g/mol. The molecule has 0 saturated carbocycles. The maximum absolute atomic E-state index is 5.76. The van der Waals surface area contributed by atoms with Crippen LogP contribution in [0.15, 0.2) is 28.4 Å². The summed E-state index contributed by atoms with van der Waals surface area (Å²) < 4.78 is 6.96. The minimum absolute atomic E-state index is 0.188. The Morgan fingerprint density at radius 1 is 1.32 bits per heavy atom. The van der Waals surface area contributed by atoms with E-state index in [1.807, 2.05) is 0 Å². The van der Waals surface area contributed by atoms with Crippen LogP contribution in [0.4, 0.5) is 0 Å². The number of benzene rings is 1. The fourth-order valence-electron chi connectivity index (χ4n) is 2.46. The van der Waals surface area contributed by atoms with Crippen LogP contribution in [0.2, 0.25) is 0 Å². The monoisotopic (exact) mass is 323 g/mol. The Morgan fingerprint density at radius 3 is 2.53 bits per heavy atom. The number of aryl methyl sites for hydroxylation is 2. The first-order chi connectivity index (χ1) is 9.13. The molecular formula is C16H22BrNO. The lowest BCUT2D eigenvalue weighted by atomic mass is 9.99. The molecule has 104 valence electrons. The molecule has 0 bridgehead atoms. The van der Waals surface area contributed by atoms with Crippen molar-refractivity contribution in [3.63, 3.8) is 0 Å². The van der Waals surface area contributed by atoms with Crippen molar-refractivity contribution in [3.05, 3.63) is 45.1 Å². The first-order valence-electron chi connectivity index (χ1n) is 6.96. The van der Waals surface area contributed by atoms with Crippen molar-refractivity contribution in [1.29, 1.82) is 0 Å². The molecule has 3 heteroatoms. The van der Waals surface area contributed by atoms with Crippen LogP contribution in [0.25, 0.3) is 0 Å². The van der Waals surface area contributed by atoms with Gasteiger partial charge in [0.2, 0.25) is 0 Å². The van der Waals surface area contributed by atoms with Crippen LogP contribution in [0.1, 0.15) is 42.5 Å². The molecule has 1 N–H and O–H groups in total. The standard InChI is InChI=1S/C16H22BrNO/c1-4-7-18-16(14-6-5-8-19-14)13-9-11(2)15(17)12(3)10-13/h6,9-10,16,18H,4-5,7-8H2,1-3H3. The van der Waals surface area contributed by atoms with Crippen molar-refractivity contribution < 1.29 is 4.74 Å². The maximum atomic E-state index is 5.76. The quantitative estimate of drug-likeness (QED) is 0.866. The zero-order valence-electron chi connectivity index (χ0n) is 11.9. The van der Waals surface area contributed by atoms with Gasteiger partial charge in [0, 0.05) is 10.9 Å². The molecule has 2 rings (SSSR count). The Labute approximate surface area is 124 Å². The second-order valence-electron chi connectivity index (χ2n) is 5.10. The molecule has 1 atom stereocenters. The van der Waals surface area contributed by atoms with Crippen molar-refractivity contribution in [2.75, 3.05) is 13.2 Å². The van der Waals surface area contributed by atoms with Crippen molar-refractivity contribution in [1.82, 2.24) is 5.32 Å². The predicted molar refractivity (Wildman–Crippen MR) is 83.3 cm³/mol. The van der Waals surface area contributed by atoms with Gasteiger partial charge >= 0.3 is 0 Å². The maximum Gasteiger partial charge on any atom is 0.114 e. The Kier molecular flexibility index (Phi) is 5.06. The molecule has 0 aliphatic carbocycles. The molecule has 1 unspecified atom stereocenters. The molecule has 2 nitrogen and oxygen atoms in total. The molecule has 0 spiro atoms. The fourth-order valence-corrected chi connectivity index (χ4v) is 2.68. The minimum atomic E-state index is 0.188. The third-order valence-electron chi connectivity index (χ3n) is 3.41. The van der Waals surface area contributed by atoms with E-state index >= 15 is 0 Å². The predicted octanol–water partition coefficient (Wildman–Crippen LogP) is 4.41. The summed E-state index contributed by atoms with van der Waals surface area (Å²) in [5.74, 6) is 1.08. The molecule has 0 amide bonds. The summed E-state index contributed by atoms with van der Waals surface area (Å²) >= 11 is 3.63. The first kappa shape index (κ1) is 14.6. The molecule has 1 aromatic carbocycles. The van der Waals surface area contributed by atoms with Gasteiger partial charge < -0.3 is 10.1 Å². The van der Waals surface area contributed by atoms with E-state index in [9.17, 15) is 0 Å². The third-order valence-corrected chi connectivity index (χ3v) is 4.66. The summed E-state index contributed by atoms with van der Waals surface area (Å²) in [7, 11) is 0. The lowest BCUT2D eigenvalue weighted by Gasteiger charge is -2.21. The van der Waals surface area contributed by atoms with Gasteiger partial charge in [0.1, 0.15) is 5.76 Å². The normalized spacial score (nSPS) is 16.1. The van der Waals surface area contributed by atoms with Gasteiger partial charge in [0.25, 0.3) is 0 Å². The van der Waals surface area contributed by atoms with Crippen LogP contribution < -0.4 is 5.32 Å². The van der Waals surface area contributed by atoms with Crippen LogP contribution in [0, 0.1) is 13.8 Å². The number of halogens is 1. The van der Waals surface area contributed by atoms with Crippen LogP contribution in [-0.4, -0.2) is 13.2 Å². The van der Waals surface area contributed by atoms with E-state index in [0.717, 1.165) is 31.8 Å². The van der Waals surface area contributed by atoms with E-state index in [2.05, 4.69) is 60.2 Å². The van der Waals surface area contributed by atoms with Crippen molar-refractivity contribution in [2.45, 2.75) is 39.7 Å². The largest absolute Gasteiger partial charge is 0.496 e. The highest BCUT2D eigenvalue weighted by Gasteiger charge is 2.21. The van der Waals surface area contributed by atoms with Gasteiger partial charge in [-0.1, -0.05) is 35.0 Å². The number of hydrogen-bond acceptors (Lipinski definition) is 2. The van der Waals surface area contributed by atoms with E-state index in [4.69, 9.17) is 4.74 Å². The Bertz CT molecular complexity index is 459. The average molecular weight is 324 g/mol. The molecule has 0 fully saturated rings. The molecule has 1 aliphatic heterocycles. The smallest absolute Gasteiger partial charge is 0.114 e. The van der Waals surface area contributed by atoms with E-state index in [-0.39, 0.29) is 6.04 Å². The Hall–Kier alpha value is -0.800. The van der Waals surface area contributed by atoms with Crippen LogP contribution in [-0.2, 0) is 4.74 Å². The van der Waals surface area contributed by atoms with E-state index in [1.54, 1.807) is 0 Å². The summed E-state index contributed by atoms with van der Waals surface area (Å²) in [6.45, 7) is 8.28. The van der Waals surface area contributed by atoms with Gasteiger partial charge in [0.15, 0.2) is 0 Å². The lowest BCUT2D eigenvalue weighted by Crippen LogP contribution is -2.24. The minimum Gasteiger partial charge on any atom is -0.496 e. The fraction of sp³-hybridized carbons (Fsp3) is 0.500. The summed E-state index contributed by atoms with van der Waals surface area (Å²) in [6, 6.07) is 4.67. The highest BCUT2D eigenvalue weighted by Crippen LogP contribution is 2.31. The van der Waals surface area contributed by atoms with Gasteiger partial charge in [0.05, 0.1) is 12.6 Å². The van der Waals surface area contributed by atoms with Crippen molar-refractivity contribution in [3.8, 4) is 0 Å². The zero-order chi connectivity index (χ0) is 13.8. The highest BCUT2D eigenvalue weighted by molar-refractivity contribution is 9.10. The second kappa shape index (κ2) is 6.58. The summed E-state index contributed by atoms with van der Waals surface area (Å²) in [5.41, 5.74) is 3.84. The number of rotatable bonds is 5. The van der Waals surface area contributed by atoms with Crippen LogP contribution in [0.3, 0.4) is 0 Å². The highest BCUT2D eigenvalue weighted by atomic mass is 79.9. The van der Waals surface area contributed by atoms with Gasteiger partial charge in [-0.2, -0.15) is 0 Å². The van der Waals surface area contributed by atoms with Crippen LogP contribution >= 0.6 is 15.9 Å². The zero-order valence-corrected chi connectivity index (χ0v) is 13.5. The van der Waals surface area contributed by atoms with Gasteiger partial charge in [-0.25, -0.2) is 0 Å². The summed E-state index contributed by atoms with van der Waals surface area (Å²) in [6.07, 6.45) is 4.35. The second-order valence-corrected chi connectivity index (χ2v) is 5.89. The van der Waals surface area contributed by atoms with Crippen molar-refractivity contribution in [2.24, 2.45) is 0 Å². The topological polar surface area (TPSA) is 21.3 Å². The van der Waals surface area contributed by atoms with Crippen molar-refractivity contribution >= 4 is 15.9 Å². The number of nitrogens with one attached hydrogen (secondary N) is 1. The Balaban J connectivity index is 2.31. The van der Waals surface area contributed by atoms with Gasteiger partial charge in [-0.3, -0.25) is 0 Å². The van der Waals surface area contributed by atoms with E-state index in [0.29, 0.717) is 0 Å². The van der Waals surface area contributed by atoms with E-state index < -0.39 is 0 Å². The van der Waals surface area contributed by atoms with Gasteiger partial charge in [-0.15, -0.1) is 0 Å². The summed E-state index contributed by atoms with van der Waals surface area (Å²) in [5, 5.41) is 3.59. The number of ether oxygens (including phenoxy) is 1. The first-order valence-corrected chi connectivity index (χ1v) is 7.75. The molecule has 0 radical (unpaired) electrons. The van der Waals surface area contributed by atoms with Crippen LogP contribution in [0.5, 0.6) is 0 Å². The summed E-state index contributed by atoms with van der Waals surface area (Å²) in [4.78, 5) is 0. The lowest BCUT2D eigenvalue weighted by molar-refractivity contribution is 0.215. The van der Waals surface area contributed by atoms with E-state index in [1.165, 1.54) is 21.2 Å². The molecule has 0 aromatic heterocycles. The third kappa shape index (κ3) is 3.40. The molecule has 1 heterocycles. The Morgan fingerprint density at radius 2 is 2.00 bits per heavy atom. The van der Waals surface area contributed by atoms with Gasteiger partial charge in [-0.05, 0) is 49.6 Å². The molecule has 1 aliphatic rings. The molecule has 0 saturated heterocycles. The number of hydrogen-bond donors (Lipinski definition) is 1. The SMILES string of the molecule is CCCNC(C1=CCCO1)c1cc(C)c(Br)c(C)c1. The molecule has 1 aromatic rings. The average Bonchev–Trinajstić information content (AvgIpc) is 2.90.